The summed E-state index contributed by atoms with van der Waals surface area (Å²) in [4.78, 5) is 2.35. The van der Waals surface area contributed by atoms with Gasteiger partial charge in [-0.3, -0.25) is 4.90 Å². The van der Waals surface area contributed by atoms with Gasteiger partial charge in [0.2, 0.25) is 0 Å². The summed E-state index contributed by atoms with van der Waals surface area (Å²) >= 11 is 0. The number of rotatable bonds is 1. The monoisotopic (exact) mass is 365 g/mol. The topological polar surface area (TPSA) is 12.5 Å². The summed E-state index contributed by atoms with van der Waals surface area (Å²) in [5, 5.41) is 2.48. The van der Waals surface area contributed by atoms with E-state index in [1.54, 1.807) is 0 Å². The van der Waals surface area contributed by atoms with Crippen LogP contribution in [0.1, 0.15) is 17.2 Å². The minimum Gasteiger partial charge on any atom is -0.484 e. The van der Waals surface area contributed by atoms with E-state index in [9.17, 15) is 0 Å². The summed E-state index contributed by atoms with van der Waals surface area (Å²) in [7, 11) is 2.17. The van der Waals surface area contributed by atoms with Crippen LogP contribution in [0.15, 0.2) is 91.0 Å². The quantitative estimate of drug-likeness (QED) is 0.406. The lowest BCUT2D eigenvalue weighted by Gasteiger charge is -2.25. The molecule has 138 valence electrons. The van der Waals surface area contributed by atoms with Crippen molar-refractivity contribution in [2.45, 2.75) is 12.6 Å². The Morgan fingerprint density at radius 2 is 1.54 bits per heavy atom. The molecule has 0 fully saturated rings. The van der Waals surface area contributed by atoms with Crippen molar-refractivity contribution in [2.24, 2.45) is 0 Å². The molecule has 0 aliphatic carbocycles. The van der Waals surface area contributed by atoms with Crippen LogP contribution in [-0.4, -0.2) is 18.5 Å². The van der Waals surface area contributed by atoms with Gasteiger partial charge in [0.05, 0.1) is 0 Å². The summed E-state index contributed by atoms with van der Waals surface area (Å²) in [5.41, 5.74) is 5.00. The molecule has 0 radical (unpaired) electrons. The smallest absolute Gasteiger partial charge is 0.136 e. The zero-order valence-corrected chi connectivity index (χ0v) is 16.0. The highest BCUT2D eigenvalue weighted by atomic mass is 16.5. The van der Waals surface area contributed by atoms with Gasteiger partial charge in [0, 0.05) is 18.7 Å². The van der Waals surface area contributed by atoms with Crippen LogP contribution in [0, 0.1) is 0 Å². The highest BCUT2D eigenvalue weighted by Gasteiger charge is 2.23. The second-order valence-corrected chi connectivity index (χ2v) is 7.53. The lowest BCUT2D eigenvalue weighted by atomic mass is 9.93. The molecule has 1 aliphatic rings. The minimum absolute atomic E-state index is 0.0135. The zero-order chi connectivity index (χ0) is 18.9. The molecule has 1 aliphatic heterocycles. The lowest BCUT2D eigenvalue weighted by Crippen LogP contribution is -2.26. The van der Waals surface area contributed by atoms with E-state index < -0.39 is 0 Å². The van der Waals surface area contributed by atoms with E-state index in [-0.39, 0.29) is 6.10 Å². The molecule has 1 atom stereocenters. The van der Waals surface area contributed by atoms with Gasteiger partial charge in [0.25, 0.3) is 0 Å². The van der Waals surface area contributed by atoms with Gasteiger partial charge in [0.15, 0.2) is 0 Å². The fourth-order valence-corrected chi connectivity index (χ4v) is 4.20. The molecule has 0 saturated carbocycles. The Labute approximate surface area is 166 Å². The Kier molecular flexibility index (Phi) is 4.34. The number of likely N-dealkylation sites (N-methyl/N-ethyl adjacent to an activating group) is 1. The molecule has 0 spiro atoms. The first kappa shape index (κ1) is 17.0. The van der Waals surface area contributed by atoms with E-state index >= 15 is 0 Å². The van der Waals surface area contributed by atoms with E-state index in [1.165, 1.54) is 33.0 Å². The van der Waals surface area contributed by atoms with Crippen LogP contribution in [0.25, 0.3) is 21.9 Å². The van der Waals surface area contributed by atoms with E-state index in [2.05, 4.69) is 103 Å². The van der Waals surface area contributed by atoms with Crippen molar-refractivity contribution in [3.8, 4) is 16.9 Å². The molecule has 28 heavy (non-hydrogen) atoms. The lowest BCUT2D eigenvalue weighted by molar-refractivity contribution is 0.148. The predicted octanol–water partition coefficient (Wildman–Crippen LogP) is 6.07. The molecule has 0 amide bonds. The van der Waals surface area contributed by atoms with Crippen molar-refractivity contribution in [3.63, 3.8) is 0 Å². The first-order chi connectivity index (χ1) is 13.8. The molecule has 0 saturated heterocycles. The Morgan fingerprint density at radius 3 is 2.43 bits per heavy atom. The molecule has 4 aromatic rings. The van der Waals surface area contributed by atoms with Gasteiger partial charge in [-0.25, -0.2) is 0 Å². The van der Waals surface area contributed by atoms with Crippen LogP contribution in [0.3, 0.4) is 0 Å². The van der Waals surface area contributed by atoms with Crippen LogP contribution >= 0.6 is 0 Å². The highest BCUT2D eigenvalue weighted by Crippen LogP contribution is 2.41. The number of hydrogen-bond donors (Lipinski definition) is 0. The average molecular weight is 365 g/mol. The molecule has 0 N–H and O–H groups in total. The average Bonchev–Trinajstić information content (AvgIpc) is 2.80. The third kappa shape index (κ3) is 3.06. The van der Waals surface area contributed by atoms with Crippen molar-refractivity contribution in [2.75, 3.05) is 13.6 Å². The maximum absolute atomic E-state index is 6.70. The number of hydrogen-bond acceptors (Lipinski definition) is 2. The molecule has 2 heteroatoms. The van der Waals surface area contributed by atoms with E-state index in [4.69, 9.17) is 4.74 Å². The summed E-state index contributed by atoms with van der Waals surface area (Å²) in [6.07, 6.45) is -0.0135. The summed E-state index contributed by atoms with van der Waals surface area (Å²) < 4.78 is 6.70. The summed E-state index contributed by atoms with van der Waals surface area (Å²) in [5.74, 6) is 0.954. The van der Waals surface area contributed by atoms with Gasteiger partial charge < -0.3 is 4.74 Å². The summed E-state index contributed by atoms with van der Waals surface area (Å²) in [6.45, 7) is 1.73. The fraction of sp³-hybridized carbons (Fsp3) is 0.154. The first-order valence-corrected chi connectivity index (χ1v) is 9.80. The molecular formula is C26H23NO. The zero-order valence-electron chi connectivity index (χ0n) is 16.0. The maximum Gasteiger partial charge on any atom is 0.136 e. The van der Waals surface area contributed by atoms with E-state index in [1.807, 2.05) is 0 Å². The molecule has 2 nitrogen and oxygen atoms in total. The van der Waals surface area contributed by atoms with Crippen molar-refractivity contribution >= 4 is 10.8 Å². The molecular weight excluding hydrogens is 342 g/mol. The molecule has 4 aromatic carbocycles. The Bertz CT molecular complexity index is 1120. The van der Waals surface area contributed by atoms with Crippen molar-refractivity contribution < 1.29 is 4.74 Å². The third-order valence-electron chi connectivity index (χ3n) is 5.54. The Balaban J connectivity index is 1.75. The SMILES string of the molecule is CN1Cc2ccccc2-c2c(ccc3ccccc23)O[C@@H](c2ccccc2)C1. The standard InChI is InChI=1S/C26H23NO/c1-27-17-21-12-6-8-14-23(21)26-22-13-7-5-9-19(22)15-16-24(26)28-25(18-27)20-10-3-2-4-11-20/h2-16,25H,17-18H2,1H3/t25-/m1/s1. The third-order valence-corrected chi connectivity index (χ3v) is 5.54. The van der Waals surface area contributed by atoms with Crippen LogP contribution in [0.2, 0.25) is 0 Å². The van der Waals surface area contributed by atoms with Gasteiger partial charge in [-0.2, -0.15) is 0 Å². The van der Waals surface area contributed by atoms with E-state index in [0.717, 1.165) is 18.8 Å². The highest BCUT2D eigenvalue weighted by molar-refractivity contribution is 6.00. The molecule has 1 heterocycles. The molecule has 0 unspecified atom stereocenters. The summed E-state index contributed by atoms with van der Waals surface area (Å²) in [6, 6.07) is 32.1. The molecule has 5 rings (SSSR count). The number of fused-ring (bicyclic) bond motifs is 5. The van der Waals surface area contributed by atoms with Crippen LogP contribution in [-0.2, 0) is 6.54 Å². The van der Waals surface area contributed by atoms with Gasteiger partial charge in [-0.1, -0.05) is 84.9 Å². The second-order valence-electron chi connectivity index (χ2n) is 7.53. The second kappa shape index (κ2) is 7.14. The molecule has 0 bridgehead atoms. The number of nitrogens with zero attached hydrogens (tertiary/aromatic N) is 1. The Morgan fingerprint density at radius 1 is 0.786 bits per heavy atom. The van der Waals surface area contributed by atoms with Crippen molar-refractivity contribution in [3.05, 3.63) is 102 Å². The van der Waals surface area contributed by atoms with Crippen LogP contribution in [0.4, 0.5) is 0 Å². The number of benzene rings is 4. The number of ether oxygens (including phenoxy) is 1. The predicted molar refractivity (Wildman–Crippen MR) is 116 cm³/mol. The maximum atomic E-state index is 6.70. The van der Waals surface area contributed by atoms with Gasteiger partial charge in [-0.05, 0) is 40.6 Å². The largest absolute Gasteiger partial charge is 0.484 e. The van der Waals surface area contributed by atoms with Crippen molar-refractivity contribution in [1.29, 1.82) is 0 Å². The fourth-order valence-electron chi connectivity index (χ4n) is 4.20. The Hall–Kier alpha value is -3.10. The van der Waals surface area contributed by atoms with Gasteiger partial charge >= 0.3 is 0 Å². The van der Waals surface area contributed by atoms with E-state index in [0.29, 0.717) is 0 Å². The first-order valence-electron chi connectivity index (χ1n) is 9.80. The van der Waals surface area contributed by atoms with Gasteiger partial charge in [0.1, 0.15) is 11.9 Å². The van der Waals surface area contributed by atoms with Crippen LogP contribution in [0.5, 0.6) is 5.75 Å². The van der Waals surface area contributed by atoms with Gasteiger partial charge in [-0.15, -0.1) is 0 Å². The van der Waals surface area contributed by atoms with Crippen LogP contribution < -0.4 is 4.74 Å². The molecule has 0 aromatic heterocycles. The normalized spacial score (nSPS) is 17.0. The van der Waals surface area contributed by atoms with Crippen molar-refractivity contribution in [1.82, 2.24) is 4.90 Å². The minimum atomic E-state index is -0.0135.